The van der Waals surface area contributed by atoms with Gasteiger partial charge in [-0.25, -0.2) is 8.42 Å². The van der Waals surface area contributed by atoms with Crippen LogP contribution in [0.25, 0.3) is 0 Å². The van der Waals surface area contributed by atoms with Crippen LogP contribution in [0.2, 0.25) is 0 Å². The number of rotatable bonds is 6. The molecule has 0 heterocycles. The van der Waals surface area contributed by atoms with Crippen LogP contribution < -0.4 is 10.0 Å². The number of aryl methyl sites for hydroxylation is 2. The summed E-state index contributed by atoms with van der Waals surface area (Å²) in [7, 11) is -3.79. The van der Waals surface area contributed by atoms with Gasteiger partial charge in [0.25, 0.3) is 15.9 Å². The number of sulfonamides is 1. The molecule has 3 aromatic rings. The summed E-state index contributed by atoms with van der Waals surface area (Å²) in [5, 5.41) is 2.82. The van der Waals surface area contributed by atoms with Gasteiger partial charge in [0.15, 0.2) is 0 Å². The van der Waals surface area contributed by atoms with E-state index < -0.39 is 10.0 Å². The molecule has 5 nitrogen and oxygen atoms in total. The molecule has 0 bridgehead atoms. The molecule has 0 radical (unpaired) electrons. The van der Waals surface area contributed by atoms with Crippen LogP contribution in [0.3, 0.4) is 0 Å². The predicted molar refractivity (Wildman–Crippen MR) is 111 cm³/mol. The van der Waals surface area contributed by atoms with Gasteiger partial charge in [0, 0.05) is 17.8 Å². The molecule has 2 N–H and O–H groups in total. The van der Waals surface area contributed by atoms with E-state index in [-0.39, 0.29) is 10.8 Å². The van der Waals surface area contributed by atoms with Gasteiger partial charge in [0.2, 0.25) is 0 Å². The molecule has 0 aliphatic heterocycles. The Bertz CT molecular complexity index is 1110. The molecule has 0 spiro atoms. The van der Waals surface area contributed by atoms with Gasteiger partial charge in [-0.2, -0.15) is 0 Å². The predicted octanol–water partition coefficient (Wildman–Crippen LogP) is 4.03. The minimum Gasteiger partial charge on any atom is -0.348 e. The second-order valence-electron chi connectivity index (χ2n) is 6.67. The van der Waals surface area contributed by atoms with Gasteiger partial charge in [-0.3, -0.25) is 9.52 Å². The standard InChI is InChI=1S/C22H22N2O3S/c1-16-6-3-8-18(12-16)15-23-22(25)19-9-5-11-21(14-19)28(26,27)24-20-10-4-7-17(2)13-20/h3-14,24H,15H2,1-2H3,(H,23,25). The van der Waals surface area contributed by atoms with Gasteiger partial charge >= 0.3 is 0 Å². The van der Waals surface area contributed by atoms with E-state index in [4.69, 9.17) is 0 Å². The van der Waals surface area contributed by atoms with Crippen molar-refractivity contribution in [2.45, 2.75) is 25.3 Å². The van der Waals surface area contributed by atoms with Crippen molar-refractivity contribution in [3.8, 4) is 0 Å². The maximum absolute atomic E-state index is 12.7. The Morgan fingerprint density at radius 3 is 2.25 bits per heavy atom. The van der Waals surface area contributed by atoms with Crippen LogP contribution in [0.1, 0.15) is 27.0 Å². The Morgan fingerprint density at radius 1 is 0.857 bits per heavy atom. The maximum Gasteiger partial charge on any atom is 0.261 e. The van der Waals surface area contributed by atoms with E-state index in [1.807, 2.05) is 44.2 Å². The van der Waals surface area contributed by atoms with E-state index in [1.54, 1.807) is 30.3 Å². The first-order valence-corrected chi connectivity index (χ1v) is 10.4. The molecule has 3 rings (SSSR count). The number of benzene rings is 3. The lowest BCUT2D eigenvalue weighted by Gasteiger charge is -2.10. The summed E-state index contributed by atoms with van der Waals surface area (Å²) in [4.78, 5) is 12.5. The topological polar surface area (TPSA) is 75.3 Å². The van der Waals surface area contributed by atoms with Crippen LogP contribution in [0, 0.1) is 13.8 Å². The molecule has 0 aromatic heterocycles. The average Bonchev–Trinajstić information content (AvgIpc) is 2.66. The maximum atomic E-state index is 12.7. The van der Waals surface area contributed by atoms with Crippen molar-refractivity contribution < 1.29 is 13.2 Å². The summed E-state index contributed by atoms with van der Waals surface area (Å²) in [6.45, 7) is 4.25. The summed E-state index contributed by atoms with van der Waals surface area (Å²) >= 11 is 0. The fourth-order valence-electron chi connectivity index (χ4n) is 2.83. The third kappa shape index (κ3) is 4.98. The first-order chi connectivity index (χ1) is 13.3. The Morgan fingerprint density at radius 2 is 1.54 bits per heavy atom. The fraction of sp³-hybridized carbons (Fsp3) is 0.136. The van der Waals surface area contributed by atoms with Crippen molar-refractivity contribution in [2.24, 2.45) is 0 Å². The highest BCUT2D eigenvalue weighted by molar-refractivity contribution is 7.92. The monoisotopic (exact) mass is 394 g/mol. The summed E-state index contributed by atoms with van der Waals surface area (Å²) in [5.41, 5.74) is 3.82. The molecule has 3 aromatic carbocycles. The van der Waals surface area contributed by atoms with Gasteiger partial charge in [-0.15, -0.1) is 0 Å². The first-order valence-electron chi connectivity index (χ1n) is 8.87. The number of anilines is 1. The lowest BCUT2D eigenvalue weighted by molar-refractivity contribution is 0.0950. The van der Waals surface area contributed by atoms with E-state index in [2.05, 4.69) is 10.0 Å². The normalized spacial score (nSPS) is 11.1. The molecule has 0 fully saturated rings. The summed E-state index contributed by atoms with van der Waals surface area (Å²) < 4.78 is 27.9. The second kappa shape index (κ2) is 8.27. The van der Waals surface area contributed by atoms with E-state index in [0.29, 0.717) is 17.8 Å². The molecule has 0 saturated carbocycles. The number of carbonyl (C=O) groups is 1. The second-order valence-corrected chi connectivity index (χ2v) is 8.36. The quantitative estimate of drug-likeness (QED) is 0.663. The Kier molecular flexibility index (Phi) is 5.80. The highest BCUT2D eigenvalue weighted by Crippen LogP contribution is 2.18. The van der Waals surface area contributed by atoms with E-state index in [1.165, 1.54) is 12.1 Å². The zero-order chi connectivity index (χ0) is 20.1. The van der Waals surface area contributed by atoms with Gasteiger partial charge in [0.1, 0.15) is 0 Å². The number of hydrogen-bond donors (Lipinski definition) is 2. The summed E-state index contributed by atoms with van der Waals surface area (Å²) in [5.74, 6) is -0.325. The molecular formula is C22H22N2O3S. The van der Waals surface area contributed by atoms with Gasteiger partial charge < -0.3 is 5.32 Å². The van der Waals surface area contributed by atoms with E-state index >= 15 is 0 Å². The smallest absolute Gasteiger partial charge is 0.261 e. The van der Waals surface area contributed by atoms with Crippen molar-refractivity contribution in [1.29, 1.82) is 0 Å². The Balaban J connectivity index is 1.74. The fourth-order valence-corrected chi connectivity index (χ4v) is 3.93. The molecule has 1 amide bonds. The number of hydrogen-bond acceptors (Lipinski definition) is 3. The Hall–Kier alpha value is -3.12. The van der Waals surface area contributed by atoms with Crippen LogP contribution in [0.4, 0.5) is 5.69 Å². The molecule has 0 unspecified atom stereocenters. The van der Waals surface area contributed by atoms with Crippen molar-refractivity contribution in [3.63, 3.8) is 0 Å². The molecule has 0 atom stereocenters. The Labute approximate surface area is 165 Å². The van der Waals surface area contributed by atoms with Gasteiger partial charge in [-0.05, 0) is 55.3 Å². The van der Waals surface area contributed by atoms with E-state index in [9.17, 15) is 13.2 Å². The third-order valence-electron chi connectivity index (χ3n) is 4.21. The molecule has 144 valence electrons. The molecule has 0 saturated heterocycles. The number of nitrogens with one attached hydrogen (secondary N) is 2. The van der Waals surface area contributed by atoms with Crippen LogP contribution in [0.5, 0.6) is 0 Å². The molecule has 28 heavy (non-hydrogen) atoms. The average molecular weight is 394 g/mol. The SMILES string of the molecule is Cc1cccc(CNC(=O)c2cccc(S(=O)(=O)Nc3cccc(C)c3)c2)c1. The number of carbonyl (C=O) groups excluding carboxylic acids is 1. The molecule has 6 heteroatoms. The minimum absolute atomic E-state index is 0.0391. The third-order valence-corrected chi connectivity index (χ3v) is 5.59. The highest BCUT2D eigenvalue weighted by atomic mass is 32.2. The van der Waals surface area contributed by atoms with E-state index in [0.717, 1.165) is 16.7 Å². The highest BCUT2D eigenvalue weighted by Gasteiger charge is 2.16. The zero-order valence-electron chi connectivity index (χ0n) is 15.8. The van der Waals surface area contributed by atoms with Crippen molar-refractivity contribution >= 4 is 21.6 Å². The lowest BCUT2D eigenvalue weighted by atomic mass is 10.1. The van der Waals surface area contributed by atoms with Crippen LogP contribution in [-0.2, 0) is 16.6 Å². The van der Waals surface area contributed by atoms with Crippen molar-refractivity contribution in [2.75, 3.05) is 4.72 Å². The van der Waals surface area contributed by atoms with Gasteiger partial charge in [0.05, 0.1) is 4.90 Å². The van der Waals surface area contributed by atoms with Crippen LogP contribution in [-0.4, -0.2) is 14.3 Å². The molecule has 0 aliphatic carbocycles. The zero-order valence-corrected chi connectivity index (χ0v) is 16.6. The van der Waals surface area contributed by atoms with Crippen molar-refractivity contribution in [3.05, 3.63) is 95.1 Å². The minimum atomic E-state index is -3.79. The van der Waals surface area contributed by atoms with Gasteiger partial charge in [-0.1, -0.05) is 48.0 Å². The largest absolute Gasteiger partial charge is 0.348 e. The first kappa shape index (κ1) is 19.6. The lowest BCUT2D eigenvalue weighted by Crippen LogP contribution is -2.23. The molecule has 0 aliphatic rings. The molecular weight excluding hydrogens is 372 g/mol. The number of amides is 1. The van der Waals surface area contributed by atoms with Crippen LogP contribution in [0.15, 0.2) is 77.7 Å². The van der Waals surface area contributed by atoms with Crippen molar-refractivity contribution in [1.82, 2.24) is 5.32 Å². The van der Waals surface area contributed by atoms with Crippen LogP contribution >= 0.6 is 0 Å². The summed E-state index contributed by atoms with van der Waals surface area (Å²) in [6.07, 6.45) is 0. The summed E-state index contributed by atoms with van der Waals surface area (Å²) in [6, 6.07) is 20.9.